The van der Waals surface area contributed by atoms with Crippen molar-refractivity contribution in [3.8, 4) is 0 Å². The van der Waals surface area contributed by atoms with E-state index in [2.05, 4.69) is 48.6 Å². The third kappa shape index (κ3) is 2.89. The van der Waals surface area contributed by atoms with E-state index in [1.807, 2.05) is 13.1 Å². The van der Waals surface area contributed by atoms with Crippen LogP contribution >= 0.6 is 0 Å². The highest BCUT2D eigenvalue weighted by Crippen LogP contribution is 2.29. The molecule has 1 aromatic carbocycles. The minimum absolute atomic E-state index is 0.0426. The first-order chi connectivity index (χ1) is 8.94. The molecule has 0 fully saturated rings. The molecule has 0 spiro atoms. The van der Waals surface area contributed by atoms with Crippen molar-refractivity contribution >= 4 is 17.3 Å². The average molecular weight is 261 g/mol. The van der Waals surface area contributed by atoms with Crippen LogP contribution in [0.5, 0.6) is 0 Å². The molecule has 1 aliphatic heterocycles. The summed E-state index contributed by atoms with van der Waals surface area (Å²) in [4.78, 5) is 13.6. The Morgan fingerprint density at radius 2 is 2.11 bits per heavy atom. The van der Waals surface area contributed by atoms with Gasteiger partial charge in [-0.05, 0) is 51.1 Å². The fraction of sp³-hybridized carbons (Fsp3) is 0.533. The van der Waals surface area contributed by atoms with Crippen LogP contribution in [0.2, 0.25) is 0 Å². The van der Waals surface area contributed by atoms with Crippen molar-refractivity contribution in [2.75, 3.05) is 30.9 Å². The molecule has 1 aliphatic rings. The summed E-state index contributed by atoms with van der Waals surface area (Å²) in [6.45, 7) is 5.34. The molecule has 4 heteroatoms. The van der Waals surface area contributed by atoms with Gasteiger partial charge in [-0.1, -0.05) is 0 Å². The Hall–Kier alpha value is -1.55. The molecule has 0 saturated carbocycles. The van der Waals surface area contributed by atoms with E-state index in [9.17, 15) is 4.79 Å². The Balaban J connectivity index is 2.25. The lowest BCUT2D eigenvalue weighted by Crippen LogP contribution is -2.48. The van der Waals surface area contributed by atoms with E-state index in [-0.39, 0.29) is 11.4 Å². The summed E-state index contributed by atoms with van der Waals surface area (Å²) in [6, 6.07) is 6.27. The van der Waals surface area contributed by atoms with Crippen LogP contribution in [0.3, 0.4) is 0 Å². The molecule has 19 heavy (non-hydrogen) atoms. The van der Waals surface area contributed by atoms with Crippen LogP contribution in [0.15, 0.2) is 18.2 Å². The van der Waals surface area contributed by atoms with Gasteiger partial charge in [0, 0.05) is 36.9 Å². The van der Waals surface area contributed by atoms with Gasteiger partial charge in [0.15, 0.2) is 0 Å². The molecule has 0 radical (unpaired) electrons. The lowest BCUT2D eigenvalue weighted by atomic mass is 9.99. The van der Waals surface area contributed by atoms with Gasteiger partial charge in [-0.3, -0.25) is 4.79 Å². The number of rotatable bonds is 4. The smallest absolute Gasteiger partial charge is 0.224 e. The quantitative estimate of drug-likeness (QED) is 0.871. The van der Waals surface area contributed by atoms with Crippen LogP contribution in [0, 0.1) is 0 Å². The summed E-state index contributed by atoms with van der Waals surface area (Å²) in [5.74, 6) is 0.115. The van der Waals surface area contributed by atoms with Gasteiger partial charge in [0.1, 0.15) is 0 Å². The first kappa shape index (κ1) is 13.9. The van der Waals surface area contributed by atoms with Crippen LogP contribution in [0.1, 0.15) is 25.8 Å². The number of benzene rings is 1. The molecular formula is C15H23N3O. The molecule has 0 aromatic heterocycles. The molecule has 0 bridgehead atoms. The van der Waals surface area contributed by atoms with E-state index in [1.54, 1.807) is 0 Å². The fourth-order valence-corrected chi connectivity index (χ4v) is 2.48. The Kier molecular flexibility index (Phi) is 3.80. The number of carbonyl (C=O) groups excluding carboxylic acids is 1. The van der Waals surface area contributed by atoms with Gasteiger partial charge in [0.05, 0.1) is 0 Å². The van der Waals surface area contributed by atoms with Crippen LogP contribution < -0.4 is 15.5 Å². The zero-order chi connectivity index (χ0) is 14.0. The maximum Gasteiger partial charge on any atom is 0.224 e. The molecule has 0 saturated heterocycles. The monoisotopic (exact) mass is 261 g/mol. The number of nitrogens with zero attached hydrogens (tertiary/aromatic N) is 1. The Bertz CT molecular complexity index is 482. The van der Waals surface area contributed by atoms with Crippen molar-refractivity contribution in [3.63, 3.8) is 0 Å². The molecule has 1 aromatic rings. The largest absolute Gasteiger partial charge is 0.368 e. The molecule has 0 atom stereocenters. The first-order valence-electron chi connectivity index (χ1n) is 6.75. The van der Waals surface area contributed by atoms with Gasteiger partial charge in [0.2, 0.25) is 5.91 Å². The minimum atomic E-state index is 0.0426. The number of hydrogen-bond donors (Lipinski definition) is 2. The fourth-order valence-electron chi connectivity index (χ4n) is 2.48. The van der Waals surface area contributed by atoms with Crippen molar-refractivity contribution in [2.24, 2.45) is 0 Å². The van der Waals surface area contributed by atoms with Crippen LogP contribution in [-0.4, -0.2) is 32.1 Å². The third-order valence-electron chi connectivity index (χ3n) is 3.89. The number of likely N-dealkylation sites (N-methyl/N-ethyl adjacent to an activating group) is 2. The summed E-state index contributed by atoms with van der Waals surface area (Å²) >= 11 is 0. The van der Waals surface area contributed by atoms with Gasteiger partial charge >= 0.3 is 0 Å². The second-order valence-electron chi connectivity index (χ2n) is 5.79. The van der Waals surface area contributed by atoms with Crippen molar-refractivity contribution in [2.45, 2.75) is 32.2 Å². The Labute approximate surface area is 115 Å². The molecule has 0 unspecified atom stereocenters. The predicted molar refractivity (Wildman–Crippen MR) is 79.8 cm³/mol. The summed E-state index contributed by atoms with van der Waals surface area (Å²) in [5, 5.41) is 6.15. The van der Waals surface area contributed by atoms with E-state index in [0.29, 0.717) is 6.42 Å². The lowest BCUT2D eigenvalue weighted by Gasteiger charge is -2.38. The number of aryl methyl sites for hydroxylation is 1. The SMILES string of the molecule is CNCC(C)(C)N(C)c1ccc2c(c1)CCC(=O)N2. The van der Waals surface area contributed by atoms with Gasteiger partial charge < -0.3 is 15.5 Å². The number of anilines is 2. The van der Waals surface area contributed by atoms with E-state index in [0.717, 1.165) is 18.7 Å². The minimum Gasteiger partial charge on any atom is -0.368 e. The van der Waals surface area contributed by atoms with Crippen molar-refractivity contribution in [1.29, 1.82) is 0 Å². The summed E-state index contributed by atoms with van der Waals surface area (Å²) in [5.41, 5.74) is 3.42. The summed E-state index contributed by atoms with van der Waals surface area (Å²) < 4.78 is 0. The number of amides is 1. The maximum atomic E-state index is 11.4. The van der Waals surface area contributed by atoms with Crippen molar-refractivity contribution in [3.05, 3.63) is 23.8 Å². The molecule has 0 aliphatic carbocycles. The maximum absolute atomic E-state index is 11.4. The Morgan fingerprint density at radius 3 is 2.79 bits per heavy atom. The van der Waals surface area contributed by atoms with Crippen LogP contribution in [0.4, 0.5) is 11.4 Å². The molecule has 2 N–H and O–H groups in total. The predicted octanol–water partition coefficient (Wildman–Crippen LogP) is 2.01. The highest BCUT2D eigenvalue weighted by molar-refractivity contribution is 5.94. The summed E-state index contributed by atoms with van der Waals surface area (Å²) in [7, 11) is 4.08. The number of hydrogen-bond acceptors (Lipinski definition) is 3. The normalized spacial score (nSPS) is 14.8. The highest BCUT2D eigenvalue weighted by atomic mass is 16.1. The summed E-state index contributed by atoms with van der Waals surface area (Å²) in [6.07, 6.45) is 1.41. The molecule has 1 heterocycles. The van der Waals surface area contributed by atoms with Crippen LogP contribution in [0.25, 0.3) is 0 Å². The molecule has 104 valence electrons. The molecule has 4 nitrogen and oxygen atoms in total. The van der Waals surface area contributed by atoms with Crippen molar-refractivity contribution in [1.82, 2.24) is 5.32 Å². The van der Waals surface area contributed by atoms with E-state index in [4.69, 9.17) is 0 Å². The second-order valence-corrected chi connectivity index (χ2v) is 5.79. The van der Waals surface area contributed by atoms with Gasteiger partial charge in [-0.25, -0.2) is 0 Å². The number of nitrogens with one attached hydrogen (secondary N) is 2. The lowest BCUT2D eigenvalue weighted by molar-refractivity contribution is -0.116. The topological polar surface area (TPSA) is 44.4 Å². The zero-order valence-electron chi connectivity index (χ0n) is 12.2. The van der Waals surface area contributed by atoms with Gasteiger partial charge in [-0.15, -0.1) is 0 Å². The third-order valence-corrected chi connectivity index (χ3v) is 3.89. The molecular weight excluding hydrogens is 238 g/mol. The number of fused-ring (bicyclic) bond motifs is 1. The Morgan fingerprint density at radius 1 is 1.37 bits per heavy atom. The average Bonchev–Trinajstić information content (AvgIpc) is 2.37. The molecule has 1 amide bonds. The van der Waals surface area contributed by atoms with E-state index < -0.39 is 0 Å². The zero-order valence-corrected chi connectivity index (χ0v) is 12.2. The standard InChI is InChI=1S/C15H23N3O/c1-15(2,10-16-3)18(4)12-6-7-13-11(9-12)5-8-14(19)17-13/h6-7,9,16H,5,8,10H2,1-4H3,(H,17,19). The van der Waals surface area contributed by atoms with Gasteiger partial charge in [-0.2, -0.15) is 0 Å². The second kappa shape index (κ2) is 5.21. The molecule has 2 rings (SSSR count). The van der Waals surface area contributed by atoms with Crippen molar-refractivity contribution < 1.29 is 4.79 Å². The van der Waals surface area contributed by atoms with E-state index >= 15 is 0 Å². The van der Waals surface area contributed by atoms with E-state index in [1.165, 1.54) is 11.3 Å². The highest BCUT2D eigenvalue weighted by Gasteiger charge is 2.24. The number of carbonyl (C=O) groups is 1. The van der Waals surface area contributed by atoms with Crippen LogP contribution in [-0.2, 0) is 11.2 Å². The first-order valence-corrected chi connectivity index (χ1v) is 6.75. The van der Waals surface area contributed by atoms with Gasteiger partial charge in [0.25, 0.3) is 0 Å².